The van der Waals surface area contributed by atoms with E-state index in [-0.39, 0.29) is 5.91 Å². The van der Waals surface area contributed by atoms with Crippen LogP contribution in [0.3, 0.4) is 0 Å². The van der Waals surface area contributed by atoms with Crippen LogP contribution in [0.15, 0.2) is 53.1 Å². The smallest absolute Gasteiger partial charge is 0.246 e. The molecule has 6 heteroatoms. The average molecular weight is 418 g/mol. The fraction of sp³-hybridized carbons (Fsp3) is 0.280. The van der Waals surface area contributed by atoms with E-state index in [1.165, 1.54) is 11.1 Å². The fourth-order valence-electron chi connectivity index (χ4n) is 3.72. The Hall–Kier alpha value is -3.54. The zero-order valence-electron chi connectivity index (χ0n) is 18.1. The summed E-state index contributed by atoms with van der Waals surface area (Å²) in [6, 6.07) is 13.9. The lowest BCUT2D eigenvalue weighted by Gasteiger charge is -2.27. The molecule has 0 N–H and O–H groups in total. The number of aryl methyl sites for hydroxylation is 2. The van der Waals surface area contributed by atoms with Crippen molar-refractivity contribution in [2.45, 2.75) is 33.4 Å². The molecule has 0 fully saturated rings. The Morgan fingerprint density at radius 1 is 1.16 bits per heavy atom. The molecule has 2 heterocycles. The number of hydrogen-bond donors (Lipinski definition) is 0. The first kappa shape index (κ1) is 20.7. The topological polar surface area (TPSA) is 64.8 Å². The van der Waals surface area contributed by atoms with Gasteiger partial charge >= 0.3 is 0 Å². The van der Waals surface area contributed by atoms with Crippen LogP contribution in [-0.4, -0.2) is 29.6 Å². The molecule has 1 aliphatic rings. The molecule has 0 spiro atoms. The van der Waals surface area contributed by atoms with Crippen molar-refractivity contribution in [3.05, 3.63) is 82.2 Å². The summed E-state index contributed by atoms with van der Waals surface area (Å²) in [5.74, 6) is 1.98. The van der Waals surface area contributed by atoms with Crippen molar-refractivity contribution in [2.24, 2.45) is 0 Å². The highest BCUT2D eigenvalue weighted by atomic mass is 16.5. The largest absolute Gasteiger partial charge is 0.493 e. The Kier molecular flexibility index (Phi) is 6.07. The van der Waals surface area contributed by atoms with Crippen LogP contribution in [0.4, 0.5) is 0 Å². The molecule has 2 aromatic carbocycles. The number of ether oxygens (including phenoxy) is 2. The number of aromatic nitrogens is 1. The summed E-state index contributed by atoms with van der Waals surface area (Å²) < 4.78 is 16.6. The van der Waals surface area contributed by atoms with Crippen LogP contribution < -0.4 is 9.47 Å². The zero-order chi connectivity index (χ0) is 21.8. The number of carbonyl (C=O) groups excluding carboxylic acids is 1. The molecular formula is C25H26N2O4. The van der Waals surface area contributed by atoms with Crippen LogP contribution in [-0.2, 0) is 24.4 Å². The lowest BCUT2D eigenvalue weighted by molar-refractivity contribution is -0.126. The predicted molar refractivity (Wildman–Crippen MR) is 118 cm³/mol. The van der Waals surface area contributed by atoms with Crippen LogP contribution in [0.2, 0.25) is 0 Å². The Morgan fingerprint density at radius 2 is 1.97 bits per heavy atom. The van der Waals surface area contributed by atoms with Gasteiger partial charge in [0.25, 0.3) is 0 Å². The van der Waals surface area contributed by atoms with Gasteiger partial charge in [-0.3, -0.25) is 4.79 Å². The Balaban J connectivity index is 1.42. The second kappa shape index (κ2) is 9.08. The van der Waals surface area contributed by atoms with E-state index in [1.807, 2.05) is 55.2 Å². The monoisotopic (exact) mass is 418 g/mol. The van der Waals surface area contributed by atoms with E-state index in [1.54, 1.807) is 13.2 Å². The minimum atomic E-state index is 0.00667. The third-order valence-corrected chi connectivity index (χ3v) is 5.60. The van der Waals surface area contributed by atoms with Crippen molar-refractivity contribution >= 4 is 12.0 Å². The number of hydrogen-bond acceptors (Lipinski definition) is 5. The molecule has 31 heavy (non-hydrogen) atoms. The van der Waals surface area contributed by atoms with Crippen molar-refractivity contribution < 1.29 is 18.8 Å². The maximum atomic E-state index is 12.7. The van der Waals surface area contributed by atoms with Crippen molar-refractivity contribution in [1.29, 1.82) is 0 Å². The van der Waals surface area contributed by atoms with Gasteiger partial charge in [0.1, 0.15) is 12.4 Å². The number of benzene rings is 2. The molecule has 0 saturated carbocycles. The summed E-state index contributed by atoms with van der Waals surface area (Å²) in [4.78, 5) is 14.5. The minimum Gasteiger partial charge on any atom is -0.493 e. The highest BCUT2D eigenvalue weighted by Gasteiger charge is 2.18. The SMILES string of the molecule is COc1cc(C=CC(=O)N2CCc3ccccc3C2)ccc1OCc1c(C)noc1C. The maximum absolute atomic E-state index is 12.7. The van der Waals surface area contributed by atoms with Crippen LogP contribution in [0.25, 0.3) is 6.08 Å². The minimum absolute atomic E-state index is 0.00667. The van der Waals surface area contributed by atoms with E-state index in [4.69, 9.17) is 14.0 Å². The van der Waals surface area contributed by atoms with Gasteiger partial charge in [-0.2, -0.15) is 0 Å². The lowest BCUT2D eigenvalue weighted by Crippen LogP contribution is -2.34. The molecule has 3 aromatic rings. The number of nitrogens with zero attached hydrogens (tertiary/aromatic N) is 2. The van der Waals surface area contributed by atoms with E-state index in [0.29, 0.717) is 24.7 Å². The van der Waals surface area contributed by atoms with E-state index < -0.39 is 0 Å². The summed E-state index contributed by atoms with van der Waals surface area (Å²) in [6.07, 6.45) is 4.32. The number of methoxy groups -OCH3 is 1. The highest BCUT2D eigenvalue weighted by Crippen LogP contribution is 2.30. The fourth-order valence-corrected chi connectivity index (χ4v) is 3.72. The molecule has 0 aliphatic carbocycles. The predicted octanol–water partition coefficient (Wildman–Crippen LogP) is 4.48. The van der Waals surface area contributed by atoms with Gasteiger partial charge < -0.3 is 18.9 Å². The van der Waals surface area contributed by atoms with E-state index >= 15 is 0 Å². The average Bonchev–Trinajstić information content (AvgIpc) is 3.13. The summed E-state index contributed by atoms with van der Waals surface area (Å²) in [5, 5.41) is 3.95. The van der Waals surface area contributed by atoms with Gasteiger partial charge in [0.2, 0.25) is 5.91 Å². The van der Waals surface area contributed by atoms with Crippen molar-refractivity contribution in [3.63, 3.8) is 0 Å². The molecule has 160 valence electrons. The second-order valence-electron chi connectivity index (χ2n) is 7.61. The van der Waals surface area contributed by atoms with E-state index in [0.717, 1.165) is 35.5 Å². The molecular weight excluding hydrogens is 392 g/mol. The van der Waals surface area contributed by atoms with Crippen molar-refractivity contribution in [1.82, 2.24) is 10.1 Å². The first-order valence-corrected chi connectivity index (χ1v) is 10.3. The van der Waals surface area contributed by atoms with Gasteiger partial charge in [-0.1, -0.05) is 35.5 Å². The van der Waals surface area contributed by atoms with Crippen LogP contribution in [0, 0.1) is 13.8 Å². The molecule has 0 atom stereocenters. The zero-order valence-corrected chi connectivity index (χ0v) is 18.1. The highest BCUT2D eigenvalue weighted by molar-refractivity contribution is 5.92. The van der Waals surface area contributed by atoms with Crippen molar-refractivity contribution in [3.8, 4) is 11.5 Å². The quantitative estimate of drug-likeness (QED) is 0.553. The van der Waals surface area contributed by atoms with E-state index in [9.17, 15) is 4.79 Å². The van der Waals surface area contributed by atoms with Gasteiger partial charge in [-0.05, 0) is 55.2 Å². The van der Waals surface area contributed by atoms with Gasteiger partial charge in [0.15, 0.2) is 11.5 Å². The number of amides is 1. The van der Waals surface area contributed by atoms with Crippen LogP contribution >= 0.6 is 0 Å². The third-order valence-electron chi connectivity index (χ3n) is 5.60. The molecule has 6 nitrogen and oxygen atoms in total. The Bertz CT molecular complexity index is 1100. The molecule has 0 bridgehead atoms. The molecule has 4 rings (SSSR count). The summed E-state index contributed by atoms with van der Waals surface area (Å²) in [5.41, 5.74) is 5.16. The Labute approximate surface area is 182 Å². The normalized spacial score (nSPS) is 13.3. The van der Waals surface area contributed by atoms with Crippen molar-refractivity contribution in [2.75, 3.05) is 13.7 Å². The van der Waals surface area contributed by atoms with Gasteiger partial charge in [-0.15, -0.1) is 0 Å². The standard InChI is InChI=1S/C25H26N2O4/c1-17-22(18(2)31-26-17)16-30-23-10-8-19(14-24(23)29-3)9-11-25(28)27-13-12-20-6-4-5-7-21(20)15-27/h4-11,14H,12-13,15-16H2,1-3H3. The number of carbonyl (C=O) groups is 1. The van der Waals surface area contributed by atoms with E-state index in [2.05, 4.69) is 17.3 Å². The molecule has 1 aliphatic heterocycles. The first-order chi connectivity index (χ1) is 15.0. The third kappa shape index (κ3) is 4.63. The summed E-state index contributed by atoms with van der Waals surface area (Å²) in [7, 11) is 1.60. The summed E-state index contributed by atoms with van der Waals surface area (Å²) in [6.45, 7) is 5.48. The molecule has 0 radical (unpaired) electrons. The van der Waals surface area contributed by atoms with Crippen LogP contribution in [0.1, 0.15) is 33.7 Å². The number of fused-ring (bicyclic) bond motifs is 1. The maximum Gasteiger partial charge on any atom is 0.246 e. The van der Waals surface area contributed by atoms with Crippen LogP contribution in [0.5, 0.6) is 11.5 Å². The molecule has 0 saturated heterocycles. The molecule has 0 unspecified atom stereocenters. The number of rotatable bonds is 6. The molecule has 1 aromatic heterocycles. The lowest BCUT2D eigenvalue weighted by atomic mass is 10.00. The Morgan fingerprint density at radius 3 is 2.71 bits per heavy atom. The molecule has 1 amide bonds. The van der Waals surface area contributed by atoms with Gasteiger partial charge in [0, 0.05) is 19.2 Å². The van der Waals surface area contributed by atoms with Gasteiger partial charge in [0.05, 0.1) is 18.4 Å². The first-order valence-electron chi connectivity index (χ1n) is 10.3. The van der Waals surface area contributed by atoms with Gasteiger partial charge in [-0.25, -0.2) is 0 Å². The summed E-state index contributed by atoms with van der Waals surface area (Å²) >= 11 is 0. The second-order valence-corrected chi connectivity index (χ2v) is 7.61.